The Morgan fingerprint density at radius 3 is 2.60 bits per heavy atom. The standard InChI is InChI=1S/C13H21N7/c1-2-4-16-11-9-12(19-13(14)18-11)17-5-3-7-20-8-6-15-10-20/h6,8-10H,2-5,7H2,1H3,(H4,14,16,17,18,19). The average Bonchev–Trinajstić information content (AvgIpc) is 2.94. The number of anilines is 3. The highest BCUT2D eigenvalue weighted by molar-refractivity contribution is 5.50. The number of imidazole rings is 1. The van der Waals surface area contributed by atoms with Crippen molar-refractivity contribution < 1.29 is 0 Å². The number of hydrogen-bond acceptors (Lipinski definition) is 6. The van der Waals surface area contributed by atoms with Crippen molar-refractivity contribution >= 4 is 17.6 Å². The predicted octanol–water partition coefficient (Wildman–Crippen LogP) is 1.58. The summed E-state index contributed by atoms with van der Waals surface area (Å²) < 4.78 is 2.05. The molecule has 2 aromatic heterocycles. The van der Waals surface area contributed by atoms with Gasteiger partial charge in [0, 0.05) is 38.1 Å². The molecule has 0 aromatic carbocycles. The molecule has 0 aliphatic rings. The van der Waals surface area contributed by atoms with Gasteiger partial charge >= 0.3 is 0 Å². The minimum atomic E-state index is 0.281. The first-order chi connectivity index (χ1) is 9.78. The molecule has 0 saturated heterocycles. The maximum absolute atomic E-state index is 5.70. The molecule has 7 nitrogen and oxygen atoms in total. The Kier molecular flexibility index (Phi) is 5.16. The van der Waals surface area contributed by atoms with Crippen LogP contribution in [0.3, 0.4) is 0 Å². The summed E-state index contributed by atoms with van der Waals surface area (Å²) in [4.78, 5) is 12.3. The molecule has 0 saturated carbocycles. The molecule has 0 unspecified atom stereocenters. The van der Waals surface area contributed by atoms with Gasteiger partial charge in [-0.2, -0.15) is 9.97 Å². The number of rotatable bonds is 8. The molecule has 0 aliphatic heterocycles. The Labute approximate surface area is 118 Å². The first-order valence-corrected chi connectivity index (χ1v) is 6.86. The van der Waals surface area contributed by atoms with E-state index in [1.165, 1.54) is 0 Å². The fourth-order valence-corrected chi connectivity index (χ4v) is 1.80. The summed E-state index contributed by atoms with van der Waals surface area (Å²) >= 11 is 0. The predicted molar refractivity (Wildman–Crippen MR) is 80.6 cm³/mol. The number of nitrogen functional groups attached to an aromatic ring is 1. The van der Waals surface area contributed by atoms with Gasteiger partial charge < -0.3 is 20.9 Å². The Balaban J connectivity index is 1.80. The minimum Gasteiger partial charge on any atom is -0.370 e. The lowest BCUT2D eigenvalue weighted by atomic mass is 10.4. The van der Waals surface area contributed by atoms with Crippen LogP contribution in [0.2, 0.25) is 0 Å². The second kappa shape index (κ2) is 7.32. The van der Waals surface area contributed by atoms with Gasteiger partial charge in [-0.05, 0) is 12.8 Å². The summed E-state index contributed by atoms with van der Waals surface area (Å²) in [6.45, 7) is 4.72. The number of hydrogen-bond donors (Lipinski definition) is 3. The third kappa shape index (κ3) is 4.42. The molecule has 0 fully saturated rings. The van der Waals surface area contributed by atoms with Crippen LogP contribution in [0.4, 0.5) is 17.6 Å². The number of aromatic nitrogens is 4. The van der Waals surface area contributed by atoms with E-state index in [2.05, 4.69) is 32.5 Å². The number of nitrogens with zero attached hydrogens (tertiary/aromatic N) is 4. The second-order valence-electron chi connectivity index (χ2n) is 4.50. The SMILES string of the molecule is CCCNc1cc(NCCCn2ccnc2)nc(N)n1. The molecule has 7 heteroatoms. The van der Waals surface area contributed by atoms with E-state index >= 15 is 0 Å². The van der Waals surface area contributed by atoms with E-state index in [1.807, 2.05) is 23.2 Å². The number of nitrogens with two attached hydrogens (primary N) is 1. The maximum Gasteiger partial charge on any atom is 0.223 e. The van der Waals surface area contributed by atoms with Crippen LogP contribution in [0, 0.1) is 0 Å². The first-order valence-electron chi connectivity index (χ1n) is 6.86. The van der Waals surface area contributed by atoms with Gasteiger partial charge in [0.05, 0.1) is 6.33 Å². The lowest BCUT2D eigenvalue weighted by Gasteiger charge is -2.09. The topological polar surface area (TPSA) is 93.7 Å². The fourth-order valence-electron chi connectivity index (χ4n) is 1.80. The summed E-state index contributed by atoms with van der Waals surface area (Å²) in [6, 6.07) is 1.88. The highest BCUT2D eigenvalue weighted by atomic mass is 15.1. The highest BCUT2D eigenvalue weighted by Crippen LogP contribution is 2.12. The molecule has 2 heterocycles. The van der Waals surface area contributed by atoms with Crippen LogP contribution >= 0.6 is 0 Å². The van der Waals surface area contributed by atoms with E-state index in [1.54, 1.807) is 6.20 Å². The lowest BCUT2D eigenvalue weighted by molar-refractivity contribution is 0.660. The van der Waals surface area contributed by atoms with Crippen molar-refractivity contribution in [2.45, 2.75) is 26.3 Å². The zero-order valence-electron chi connectivity index (χ0n) is 11.7. The number of nitrogens with one attached hydrogen (secondary N) is 2. The van der Waals surface area contributed by atoms with Crippen molar-refractivity contribution in [3.63, 3.8) is 0 Å². The molecular weight excluding hydrogens is 254 g/mol. The molecule has 0 amide bonds. The second-order valence-corrected chi connectivity index (χ2v) is 4.50. The molecule has 108 valence electrons. The van der Waals surface area contributed by atoms with E-state index in [-0.39, 0.29) is 5.95 Å². The molecule has 0 aliphatic carbocycles. The van der Waals surface area contributed by atoms with Crippen molar-refractivity contribution in [1.82, 2.24) is 19.5 Å². The van der Waals surface area contributed by atoms with Gasteiger partial charge in [0.15, 0.2) is 0 Å². The fraction of sp³-hybridized carbons (Fsp3) is 0.462. The summed E-state index contributed by atoms with van der Waals surface area (Å²) in [5.74, 6) is 1.79. The summed E-state index contributed by atoms with van der Waals surface area (Å²) in [7, 11) is 0. The van der Waals surface area contributed by atoms with Crippen LogP contribution in [0.1, 0.15) is 19.8 Å². The first kappa shape index (κ1) is 14.1. The Bertz CT molecular complexity index is 509. The van der Waals surface area contributed by atoms with E-state index in [9.17, 15) is 0 Å². The molecule has 2 aromatic rings. The van der Waals surface area contributed by atoms with Gasteiger partial charge in [-0.15, -0.1) is 0 Å². The van der Waals surface area contributed by atoms with E-state index < -0.39 is 0 Å². The van der Waals surface area contributed by atoms with Crippen LogP contribution in [-0.2, 0) is 6.54 Å². The third-order valence-corrected chi connectivity index (χ3v) is 2.76. The van der Waals surface area contributed by atoms with Crippen molar-refractivity contribution in [2.75, 3.05) is 29.5 Å². The highest BCUT2D eigenvalue weighted by Gasteiger charge is 2.01. The molecular formula is C13H21N7. The van der Waals surface area contributed by atoms with Gasteiger partial charge in [-0.3, -0.25) is 0 Å². The zero-order valence-corrected chi connectivity index (χ0v) is 11.7. The van der Waals surface area contributed by atoms with Crippen molar-refractivity contribution in [2.24, 2.45) is 0 Å². The quantitative estimate of drug-likeness (QED) is 0.633. The van der Waals surface area contributed by atoms with Crippen LogP contribution in [0.5, 0.6) is 0 Å². The Morgan fingerprint density at radius 1 is 1.20 bits per heavy atom. The Hall–Kier alpha value is -2.31. The van der Waals surface area contributed by atoms with Gasteiger partial charge in [0.25, 0.3) is 0 Å². The maximum atomic E-state index is 5.70. The smallest absolute Gasteiger partial charge is 0.223 e. The Morgan fingerprint density at radius 2 is 1.95 bits per heavy atom. The molecule has 0 atom stereocenters. The molecule has 0 radical (unpaired) electrons. The van der Waals surface area contributed by atoms with Gasteiger partial charge in [0.1, 0.15) is 11.6 Å². The average molecular weight is 275 g/mol. The molecule has 4 N–H and O–H groups in total. The molecule has 20 heavy (non-hydrogen) atoms. The molecule has 0 bridgehead atoms. The van der Waals surface area contributed by atoms with Gasteiger partial charge in [-0.1, -0.05) is 6.92 Å². The van der Waals surface area contributed by atoms with Gasteiger partial charge in [-0.25, -0.2) is 4.98 Å². The van der Waals surface area contributed by atoms with Crippen LogP contribution in [-0.4, -0.2) is 32.6 Å². The van der Waals surface area contributed by atoms with Crippen LogP contribution in [0.25, 0.3) is 0 Å². The monoisotopic (exact) mass is 275 g/mol. The van der Waals surface area contributed by atoms with E-state index in [0.29, 0.717) is 0 Å². The zero-order chi connectivity index (χ0) is 14.2. The van der Waals surface area contributed by atoms with E-state index in [4.69, 9.17) is 5.73 Å². The summed E-state index contributed by atoms with van der Waals surface area (Å²) in [5.41, 5.74) is 5.70. The van der Waals surface area contributed by atoms with Gasteiger partial charge in [0.2, 0.25) is 5.95 Å². The van der Waals surface area contributed by atoms with Crippen LogP contribution < -0.4 is 16.4 Å². The summed E-state index contributed by atoms with van der Waals surface area (Å²) in [5, 5.41) is 6.46. The number of aryl methyl sites for hydroxylation is 1. The van der Waals surface area contributed by atoms with Crippen LogP contribution in [0.15, 0.2) is 24.8 Å². The van der Waals surface area contributed by atoms with Crippen molar-refractivity contribution in [3.05, 3.63) is 24.8 Å². The molecule has 2 rings (SSSR count). The lowest BCUT2D eigenvalue weighted by Crippen LogP contribution is -2.10. The van der Waals surface area contributed by atoms with Crippen molar-refractivity contribution in [3.8, 4) is 0 Å². The molecule has 0 spiro atoms. The summed E-state index contributed by atoms with van der Waals surface area (Å²) in [6.07, 6.45) is 7.57. The third-order valence-electron chi connectivity index (χ3n) is 2.76. The normalized spacial score (nSPS) is 10.4. The van der Waals surface area contributed by atoms with Crippen molar-refractivity contribution in [1.29, 1.82) is 0 Å². The van der Waals surface area contributed by atoms with E-state index in [0.717, 1.165) is 44.1 Å². The minimum absolute atomic E-state index is 0.281. The largest absolute Gasteiger partial charge is 0.370 e.